The van der Waals surface area contributed by atoms with Crippen LogP contribution in [0.2, 0.25) is 0 Å². The van der Waals surface area contributed by atoms with Gasteiger partial charge in [-0.15, -0.1) is 0 Å². The van der Waals surface area contributed by atoms with Gasteiger partial charge in [0.25, 0.3) is 5.56 Å². The highest BCUT2D eigenvalue weighted by atomic mass is 16.5. The van der Waals surface area contributed by atoms with Gasteiger partial charge in [-0.3, -0.25) is 4.79 Å². The highest BCUT2D eigenvalue weighted by Crippen LogP contribution is 2.06. The van der Waals surface area contributed by atoms with E-state index < -0.39 is 5.97 Å². The summed E-state index contributed by atoms with van der Waals surface area (Å²) in [6.07, 6.45) is 0. The number of aromatic amines is 1. The number of hydrogen-bond acceptors (Lipinski definition) is 4. The van der Waals surface area contributed by atoms with Crippen molar-refractivity contribution in [3.05, 3.63) is 58.1 Å². The number of ether oxygens (including phenoxy) is 1. The Kier molecular flexibility index (Phi) is 3.00. The van der Waals surface area contributed by atoms with Gasteiger partial charge in [0.15, 0.2) is 0 Å². The second-order valence-electron chi connectivity index (χ2n) is 3.42. The fourth-order valence-corrected chi connectivity index (χ4v) is 1.33. The summed E-state index contributed by atoms with van der Waals surface area (Å²) in [5.41, 5.74) is 0.0561. The molecule has 1 heterocycles. The second-order valence-corrected chi connectivity index (χ2v) is 3.42. The zero-order valence-electron chi connectivity index (χ0n) is 9.14. The number of aryl methyl sites for hydroxylation is 1. The highest BCUT2D eigenvalue weighted by molar-refractivity contribution is 5.90. The summed E-state index contributed by atoms with van der Waals surface area (Å²) in [6, 6.07) is 9.64. The molecule has 0 atom stereocenters. The van der Waals surface area contributed by atoms with Crippen LogP contribution in [-0.4, -0.2) is 15.9 Å². The third-order valence-electron chi connectivity index (χ3n) is 2.04. The fourth-order valence-electron chi connectivity index (χ4n) is 1.33. The second kappa shape index (κ2) is 4.61. The van der Waals surface area contributed by atoms with E-state index in [1.165, 1.54) is 0 Å². The SMILES string of the molecule is Cc1nc(OC(=O)c2ccccc2)cc(=O)[nH]1. The van der Waals surface area contributed by atoms with Gasteiger partial charge in [-0.2, -0.15) is 4.98 Å². The van der Waals surface area contributed by atoms with Gasteiger partial charge in [0.1, 0.15) is 5.82 Å². The smallest absolute Gasteiger partial charge is 0.344 e. The lowest BCUT2D eigenvalue weighted by atomic mass is 10.2. The van der Waals surface area contributed by atoms with Crippen molar-refractivity contribution in [1.29, 1.82) is 0 Å². The van der Waals surface area contributed by atoms with Crippen molar-refractivity contribution >= 4 is 5.97 Å². The number of nitrogens with zero attached hydrogens (tertiary/aromatic N) is 1. The first kappa shape index (κ1) is 11.1. The minimum Gasteiger partial charge on any atom is -0.404 e. The van der Waals surface area contributed by atoms with Gasteiger partial charge in [0.2, 0.25) is 5.88 Å². The van der Waals surface area contributed by atoms with E-state index in [1.54, 1.807) is 37.3 Å². The number of carbonyl (C=O) groups excluding carboxylic acids is 1. The molecule has 0 amide bonds. The third kappa shape index (κ3) is 2.78. The van der Waals surface area contributed by atoms with E-state index in [1.807, 2.05) is 0 Å². The maximum atomic E-state index is 11.7. The summed E-state index contributed by atoms with van der Waals surface area (Å²) in [5, 5.41) is 0. The quantitative estimate of drug-likeness (QED) is 0.789. The minimum absolute atomic E-state index is 0.0000954. The molecule has 5 nitrogen and oxygen atoms in total. The molecule has 86 valence electrons. The number of carbonyl (C=O) groups is 1. The van der Waals surface area contributed by atoms with E-state index in [0.717, 1.165) is 6.07 Å². The molecule has 0 aliphatic rings. The molecule has 0 aliphatic carbocycles. The molecule has 1 aromatic carbocycles. The Labute approximate surface area is 97.1 Å². The summed E-state index contributed by atoms with van der Waals surface area (Å²) < 4.78 is 4.99. The summed E-state index contributed by atoms with van der Waals surface area (Å²) in [6.45, 7) is 1.61. The number of rotatable bonds is 2. The van der Waals surface area contributed by atoms with Crippen LogP contribution in [-0.2, 0) is 0 Å². The number of aromatic nitrogens is 2. The van der Waals surface area contributed by atoms with E-state index in [9.17, 15) is 9.59 Å². The Morgan fingerprint density at radius 3 is 2.65 bits per heavy atom. The first-order chi connectivity index (χ1) is 8.15. The Bertz CT molecular complexity index is 590. The number of hydrogen-bond donors (Lipinski definition) is 1. The van der Waals surface area contributed by atoms with Crippen LogP contribution in [0.4, 0.5) is 0 Å². The number of H-pyrrole nitrogens is 1. The molecule has 0 radical (unpaired) electrons. The van der Waals surface area contributed by atoms with Crippen LogP contribution in [0.3, 0.4) is 0 Å². The molecule has 0 spiro atoms. The third-order valence-corrected chi connectivity index (χ3v) is 2.04. The van der Waals surface area contributed by atoms with Crippen molar-refractivity contribution in [3.8, 4) is 5.88 Å². The monoisotopic (exact) mass is 230 g/mol. The topological polar surface area (TPSA) is 72.0 Å². The van der Waals surface area contributed by atoms with Gasteiger partial charge < -0.3 is 9.72 Å². The molecule has 5 heteroatoms. The molecule has 1 aromatic heterocycles. The molecule has 0 unspecified atom stereocenters. The Morgan fingerprint density at radius 1 is 1.29 bits per heavy atom. The molecule has 0 fully saturated rings. The van der Waals surface area contributed by atoms with Crippen molar-refractivity contribution in [2.45, 2.75) is 6.92 Å². The molecule has 17 heavy (non-hydrogen) atoms. The first-order valence-electron chi connectivity index (χ1n) is 5.00. The summed E-state index contributed by atoms with van der Waals surface area (Å²) in [4.78, 5) is 29.2. The van der Waals surface area contributed by atoms with Gasteiger partial charge in [-0.25, -0.2) is 4.79 Å². The van der Waals surface area contributed by atoms with Crippen molar-refractivity contribution in [2.75, 3.05) is 0 Å². The standard InChI is InChI=1S/C12H10N2O3/c1-8-13-10(15)7-11(14-8)17-12(16)9-5-3-2-4-6-9/h2-7H,1H3,(H,13,14,15). The minimum atomic E-state index is -0.539. The van der Waals surface area contributed by atoms with E-state index in [2.05, 4.69) is 9.97 Å². The van der Waals surface area contributed by atoms with E-state index in [4.69, 9.17) is 4.74 Å². The molecule has 2 aromatic rings. The Morgan fingerprint density at radius 2 is 2.00 bits per heavy atom. The predicted molar refractivity (Wildman–Crippen MR) is 61.0 cm³/mol. The van der Waals surface area contributed by atoms with Crippen LogP contribution in [0.1, 0.15) is 16.2 Å². The van der Waals surface area contributed by atoms with Crippen LogP contribution >= 0.6 is 0 Å². The first-order valence-corrected chi connectivity index (χ1v) is 5.00. The van der Waals surface area contributed by atoms with E-state index >= 15 is 0 Å². The molecular formula is C12H10N2O3. The zero-order chi connectivity index (χ0) is 12.3. The average Bonchev–Trinajstić information content (AvgIpc) is 2.28. The maximum Gasteiger partial charge on any atom is 0.344 e. The van der Waals surface area contributed by atoms with Gasteiger partial charge in [0, 0.05) is 0 Å². The van der Waals surface area contributed by atoms with Crippen molar-refractivity contribution < 1.29 is 9.53 Å². The zero-order valence-corrected chi connectivity index (χ0v) is 9.14. The maximum absolute atomic E-state index is 11.7. The summed E-state index contributed by atoms with van der Waals surface area (Å²) >= 11 is 0. The van der Waals surface area contributed by atoms with Gasteiger partial charge in [0.05, 0.1) is 11.6 Å². The summed E-state index contributed by atoms with van der Waals surface area (Å²) in [5.74, 6) is -0.142. The molecular weight excluding hydrogens is 220 g/mol. The lowest BCUT2D eigenvalue weighted by molar-refractivity contribution is 0.0727. The average molecular weight is 230 g/mol. The molecule has 0 saturated heterocycles. The molecule has 0 saturated carbocycles. The largest absolute Gasteiger partial charge is 0.404 e. The van der Waals surface area contributed by atoms with Gasteiger partial charge in [-0.1, -0.05) is 18.2 Å². The summed E-state index contributed by atoms with van der Waals surface area (Å²) in [7, 11) is 0. The number of esters is 1. The lowest BCUT2D eigenvalue weighted by Gasteiger charge is -2.03. The number of benzene rings is 1. The Hall–Kier alpha value is -2.43. The van der Waals surface area contributed by atoms with Crippen LogP contribution < -0.4 is 10.3 Å². The van der Waals surface area contributed by atoms with Crippen molar-refractivity contribution in [1.82, 2.24) is 9.97 Å². The molecule has 1 N–H and O–H groups in total. The van der Waals surface area contributed by atoms with Gasteiger partial charge >= 0.3 is 5.97 Å². The van der Waals surface area contributed by atoms with E-state index in [0.29, 0.717) is 11.4 Å². The fraction of sp³-hybridized carbons (Fsp3) is 0.0833. The number of nitrogens with one attached hydrogen (secondary N) is 1. The van der Waals surface area contributed by atoms with E-state index in [-0.39, 0.29) is 11.4 Å². The lowest BCUT2D eigenvalue weighted by Crippen LogP contribution is -2.14. The molecule has 0 bridgehead atoms. The molecule has 0 aliphatic heterocycles. The van der Waals surface area contributed by atoms with Crippen LogP contribution in [0.25, 0.3) is 0 Å². The van der Waals surface area contributed by atoms with Crippen LogP contribution in [0, 0.1) is 6.92 Å². The Balaban J connectivity index is 2.22. The van der Waals surface area contributed by atoms with Crippen LogP contribution in [0.15, 0.2) is 41.2 Å². The predicted octanol–water partition coefficient (Wildman–Crippen LogP) is 1.30. The highest BCUT2D eigenvalue weighted by Gasteiger charge is 2.09. The van der Waals surface area contributed by atoms with Gasteiger partial charge in [-0.05, 0) is 19.1 Å². The van der Waals surface area contributed by atoms with Crippen LogP contribution in [0.5, 0.6) is 5.88 Å². The van der Waals surface area contributed by atoms with Crippen molar-refractivity contribution in [2.24, 2.45) is 0 Å². The van der Waals surface area contributed by atoms with Crippen molar-refractivity contribution in [3.63, 3.8) is 0 Å². The normalized spacial score (nSPS) is 9.94. The molecule has 2 rings (SSSR count).